The lowest BCUT2D eigenvalue weighted by molar-refractivity contribution is -0.126. The van der Waals surface area contributed by atoms with Gasteiger partial charge >= 0.3 is 0 Å². The highest BCUT2D eigenvalue weighted by molar-refractivity contribution is 6.06. The summed E-state index contributed by atoms with van der Waals surface area (Å²) in [6.45, 7) is 0.0887. The smallest absolute Gasteiger partial charge is 0.239 e. The van der Waals surface area contributed by atoms with Gasteiger partial charge in [0, 0.05) is 43.5 Å². The Morgan fingerprint density at radius 3 is 2.43 bits per heavy atom. The molecule has 1 N–H and O–H groups in total. The molecular weight excluding hydrogens is 386 g/mol. The van der Waals surface area contributed by atoms with E-state index >= 15 is 0 Å². The number of rotatable bonds is 7. The van der Waals surface area contributed by atoms with Crippen molar-refractivity contribution in [1.29, 1.82) is 0 Å². The number of amides is 3. The third-order valence-electron chi connectivity index (χ3n) is 5.05. The van der Waals surface area contributed by atoms with E-state index in [9.17, 15) is 14.4 Å². The number of anilines is 2. The number of ether oxygens (including phenoxy) is 2. The number of likely N-dealkylation sites (N-methyl/N-ethyl adjacent to an activating group) is 1. The van der Waals surface area contributed by atoms with Gasteiger partial charge < -0.3 is 24.6 Å². The first kappa shape index (κ1) is 21.2. The highest BCUT2D eigenvalue weighted by atomic mass is 16.5. The molecule has 3 amide bonds. The van der Waals surface area contributed by atoms with E-state index in [0.717, 1.165) is 0 Å². The molecule has 0 aromatic heterocycles. The fourth-order valence-corrected chi connectivity index (χ4v) is 3.42. The van der Waals surface area contributed by atoms with E-state index in [1.165, 1.54) is 19.1 Å². The number of carbonyl (C=O) groups excluding carboxylic acids is 3. The van der Waals surface area contributed by atoms with Crippen LogP contribution in [0.15, 0.2) is 48.5 Å². The van der Waals surface area contributed by atoms with E-state index < -0.39 is 5.92 Å². The number of benzene rings is 2. The molecule has 0 saturated carbocycles. The predicted octanol–water partition coefficient (Wildman–Crippen LogP) is 1.84. The molecule has 1 saturated heterocycles. The molecule has 2 aromatic rings. The maximum atomic E-state index is 13.3. The fraction of sp³-hybridized carbons (Fsp3) is 0.318. The van der Waals surface area contributed by atoms with Gasteiger partial charge in [-0.05, 0) is 24.3 Å². The van der Waals surface area contributed by atoms with Crippen molar-refractivity contribution in [2.24, 2.45) is 5.92 Å². The molecule has 1 aliphatic heterocycles. The van der Waals surface area contributed by atoms with E-state index in [2.05, 4.69) is 5.32 Å². The third-order valence-corrected chi connectivity index (χ3v) is 5.05. The summed E-state index contributed by atoms with van der Waals surface area (Å²) >= 11 is 0. The number of methoxy groups -OCH3 is 2. The lowest BCUT2D eigenvalue weighted by Crippen LogP contribution is -2.43. The summed E-state index contributed by atoms with van der Waals surface area (Å²) in [5, 5.41) is 2.54. The molecule has 8 heteroatoms. The SMILES string of the molecule is CNC(=O)CN(C(=O)[C@H]1CC(=O)N(c2cccc(OC)c2)C1)c1cccc(OC)c1. The molecule has 0 radical (unpaired) electrons. The van der Waals surface area contributed by atoms with Crippen molar-refractivity contribution in [1.82, 2.24) is 5.32 Å². The Morgan fingerprint density at radius 2 is 1.77 bits per heavy atom. The van der Waals surface area contributed by atoms with Crippen LogP contribution in [0.2, 0.25) is 0 Å². The molecule has 1 fully saturated rings. The number of nitrogens with zero attached hydrogens (tertiary/aromatic N) is 2. The largest absolute Gasteiger partial charge is 0.497 e. The van der Waals surface area contributed by atoms with Crippen LogP contribution in [0.3, 0.4) is 0 Å². The van der Waals surface area contributed by atoms with E-state index in [4.69, 9.17) is 9.47 Å². The standard InChI is InChI=1S/C22H25N3O5/c1-23-20(26)14-25(17-7-5-9-19(12-17)30-3)22(28)15-10-21(27)24(13-15)16-6-4-8-18(11-16)29-2/h4-9,11-12,15H,10,13-14H2,1-3H3,(H,23,26)/t15-/m0/s1. The Morgan fingerprint density at radius 1 is 1.10 bits per heavy atom. The Hall–Kier alpha value is -3.55. The molecule has 8 nitrogen and oxygen atoms in total. The Labute approximate surface area is 175 Å². The Kier molecular flexibility index (Phi) is 6.56. The van der Waals surface area contributed by atoms with Crippen LogP contribution in [0.5, 0.6) is 11.5 Å². The van der Waals surface area contributed by atoms with Gasteiger partial charge in [-0.15, -0.1) is 0 Å². The first-order valence-corrected chi connectivity index (χ1v) is 9.57. The van der Waals surface area contributed by atoms with Crippen molar-refractivity contribution >= 4 is 29.1 Å². The van der Waals surface area contributed by atoms with Crippen LogP contribution in [0.4, 0.5) is 11.4 Å². The molecule has 0 bridgehead atoms. The van der Waals surface area contributed by atoms with Gasteiger partial charge in [-0.3, -0.25) is 14.4 Å². The van der Waals surface area contributed by atoms with Gasteiger partial charge in [-0.1, -0.05) is 12.1 Å². The summed E-state index contributed by atoms with van der Waals surface area (Å²) in [5.74, 6) is -0.104. The van der Waals surface area contributed by atoms with Crippen LogP contribution in [0.1, 0.15) is 6.42 Å². The Bertz CT molecular complexity index is 946. The molecule has 1 aliphatic rings. The van der Waals surface area contributed by atoms with Crippen molar-refractivity contribution < 1.29 is 23.9 Å². The molecule has 0 spiro atoms. The van der Waals surface area contributed by atoms with Crippen molar-refractivity contribution in [2.75, 3.05) is 44.2 Å². The third kappa shape index (κ3) is 4.53. The van der Waals surface area contributed by atoms with E-state index in [1.54, 1.807) is 60.5 Å². The zero-order chi connectivity index (χ0) is 21.7. The van der Waals surface area contributed by atoms with Crippen LogP contribution in [0, 0.1) is 5.92 Å². The van der Waals surface area contributed by atoms with Gasteiger partial charge in [-0.2, -0.15) is 0 Å². The van der Waals surface area contributed by atoms with E-state index in [0.29, 0.717) is 22.9 Å². The van der Waals surface area contributed by atoms with Gasteiger partial charge in [0.15, 0.2) is 0 Å². The second kappa shape index (κ2) is 9.30. The highest BCUT2D eigenvalue weighted by Gasteiger charge is 2.38. The van der Waals surface area contributed by atoms with Crippen LogP contribution < -0.4 is 24.6 Å². The van der Waals surface area contributed by atoms with Gasteiger partial charge in [0.25, 0.3) is 0 Å². The summed E-state index contributed by atoms with van der Waals surface area (Å²) in [6.07, 6.45) is 0.0737. The lowest BCUT2D eigenvalue weighted by atomic mass is 10.1. The summed E-state index contributed by atoms with van der Waals surface area (Å²) in [7, 11) is 4.61. The highest BCUT2D eigenvalue weighted by Crippen LogP contribution is 2.30. The minimum absolute atomic E-state index is 0.0737. The summed E-state index contributed by atoms with van der Waals surface area (Å²) in [5.41, 5.74) is 1.21. The van der Waals surface area contributed by atoms with Crippen molar-refractivity contribution in [3.8, 4) is 11.5 Å². The minimum Gasteiger partial charge on any atom is -0.497 e. The maximum Gasteiger partial charge on any atom is 0.239 e. The molecule has 1 heterocycles. The second-order valence-electron chi connectivity index (χ2n) is 6.91. The van der Waals surface area contributed by atoms with Crippen molar-refractivity contribution in [3.05, 3.63) is 48.5 Å². The first-order valence-electron chi connectivity index (χ1n) is 9.57. The summed E-state index contributed by atoms with van der Waals surface area (Å²) in [4.78, 5) is 41.0. The van der Waals surface area contributed by atoms with Crippen LogP contribution in [-0.2, 0) is 14.4 Å². The second-order valence-corrected chi connectivity index (χ2v) is 6.91. The normalized spacial score (nSPS) is 15.6. The summed E-state index contributed by atoms with van der Waals surface area (Å²) in [6, 6.07) is 14.1. The van der Waals surface area contributed by atoms with Gasteiger partial charge in [0.05, 0.1) is 20.1 Å². The molecular formula is C22H25N3O5. The summed E-state index contributed by atoms with van der Waals surface area (Å²) < 4.78 is 10.5. The molecule has 1 atom stereocenters. The van der Waals surface area contributed by atoms with Crippen LogP contribution in [0.25, 0.3) is 0 Å². The quantitative estimate of drug-likeness (QED) is 0.751. The number of carbonyl (C=O) groups is 3. The minimum atomic E-state index is -0.570. The van der Waals surface area contributed by atoms with Gasteiger partial charge in [-0.25, -0.2) is 0 Å². The number of hydrogen-bond donors (Lipinski definition) is 1. The first-order chi connectivity index (χ1) is 14.5. The monoisotopic (exact) mass is 411 g/mol. The predicted molar refractivity (Wildman–Crippen MR) is 113 cm³/mol. The molecule has 0 unspecified atom stereocenters. The molecule has 158 valence electrons. The van der Waals surface area contributed by atoms with Crippen LogP contribution >= 0.6 is 0 Å². The lowest BCUT2D eigenvalue weighted by Gasteiger charge is -2.25. The maximum absolute atomic E-state index is 13.3. The number of hydrogen-bond acceptors (Lipinski definition) is 5. The van der Waals surface area contributed by atoms with Gasteiger partial charge in [0.2, 0.25) is 17.7 Å². The Balaban J connectivity index is 1.85. The van der Waals surface area contributed by atoms with Crippen LogP contribution in [-0.4, -0.2) is 52.1 Å². The van der Waals surface area contributed by atoms with Crippen molar-refractivity contribution in [3.63, 3.8) is 0 Å². The zero-order valence-electron chi connectivity index (χ0n) is 17.3. The topological polar surface area (TPSA) is 88.2 Å². The molecule has 3 rings (SSSR count). The van der Waals surface area contributed by atoms with E-state index in [1.807, 2.05) is 0 Å². The fourth-order valence-electron chi connectivity index (χ4n) is 3.42. The molecule has 2 aromatic carbocycles. The average Bonchev–Trinajstić information content (AvgIpc) is 3.18. The number of nitrogens with one attached hydrogen (secondary N) is 1. The molecule has 0 aliphatic carbocycles. The average molecular weight is 411 g/mol. The van der Waals surface area contributed by atoms with E-state index in [-0.39, 0.29) is 37.2 Å². The van der Waals surface area contributed by atoms with Gasteiger partial charge in [0.1, 0.15) is 18.0 Å². The van der Waals surface area contributed by atoms with Crippen molar-refractivity contribution in [2.45, 2.75) is 6.42 Å². The molecule has 30 heavy (non-hydrogen) atoms. The zero-order valence-corrected chi connectivity index (χ0v) is 17.3.